The fraction of sp³-hybridized carbons (Fsp3) is 0.458. The molecule has 0 aliphatic heterocycles. The van der Waals surface area contributed by atoms with Crippen molar-refractivity contribution in [1.82, 2.24) is 14.5 Å². The summed E-state index contributed by atoms with van der Waals surface area (Å²) in [7, 11) is -1.56. The van der Waals surface area contributed by atoms with Crippen LogP contribution in [0.1, 0.15) is 54.7 Å². The van der Waals surface area contributed by atoms with Gasteiger partial charge in [0.2, 0.25) is 10.0 Å². The molecule has 2 aromatic rings. The van der Waals surface area contributed by atoms with Crippen LogP contribution >= 0.6 is 0 Å². The smallest absolute Gasteiger partial charge is 0.251 e. The zero-order chi connectivity index (χ0) is 23.2. The van der Waals surface area contributed by atoms with E-state index in [9.17, 15) is 13.2 Å². The maximum absolute atomic E-state index is 13.0. The number of carbonyl (C=O) groups excluding carboxylic acids is 1. The molecule has 0 heterocycles. The van der Waals surface area contributed by atoms with Gasteiger partial charge in [0.05, 0.1) is 4.90 Å². The summed E-state index contributed by atoms with van der Waals surface area (Å²) in [4.78, 5) is 15.3. The van der Waals surface area contributed by atoms with Crippen molar-refractivity contribution in [3.05, 3.63) is 64.7 Å². The van der Waals surface area contributed by atoms with Gasteiger partial charge in [-0.05, 0) is 56.6 Å². The van der Waals surface area contributed by atoms with Gasteiger partial charge in [0.25, 0.3) is 5.91 Å². The summed E-state index contributed by atoms with van der Waals surface area (Å²) in [5.41, 5.74) is 3.18. The molecule has 6 nitrogen and oxygen atoms in total. The Labute approximate surface area is 187 Å². The van der Waals surface area contributed by atoms with E-state index in [1.165, 1.54) is 10.4 Å². The molecular formula is C24H35N3O3S. The number of benzene rings is 2. The number of hydrogen-bond donors (Lipinski definition) is 1. The maximum Gasteiger partial charge on any atom is 0.251 e. The molecule has 0 atom stereocenters. The molecule has 2 aromatic carbocycles. The first-order chi connectivity index (χ1) is 14.6. The molecule has 0 unspecified atom stereocenters. The second kappa shape index (κ2) is 10.9. The van der Waals surface area contributed by atoms with Gasteiger partial charge in [0.15, 0.2) is 0 Å². The lowest BCUT2D eigenvalue weighted by Crippen LogP contribution is -2.31. The standard InChI is InChI=1S/C24H35N3O3S/c1-7-27(8-2)31(29,30)23-15-20(14-13-19(23)5)24(28)25-16-21-11-9-10-12-22(21)17-26(6)18(3)4/h9-15,18H,7-8,16-17H2,1-6H3,(H,25,28). The van der Waals surface area contributed by atoms with Gasteiger partial charge in [-0.25, -0.2) is 8.42 Å². The van der Waals surface area contributed by atoms with E-state index in [-0.39, 0.29) is 10.8 Å². The van der Waals surface area contributed by atoms with Gasteiger partial charge < -0.3 is 5.32 Å². The Bertz CT molecular complexity index is 999. The Morgan fingerprint density at radius 1 is 1.03 bits per heavy atom. The fourth-order valence-corrected chi connectivity index (χ4v) is 5.04. The van der Waals surface area contributed by atoms with Crippen LogP contribution in [0.5, 0.6) is 0 Å². The quantitative estimate of drug-likeness (QED) is 0.604. The van der Waals surface area contributed by atoms with Crippen LogP contribution in [0.2, 0.25) is 0 Å². The number of carbonyl (C=O) groups is 1. The lowest BCUT2D eigenvalue weighted by atomic mass is 10.1. The summed E-state index contributed by atoms with van der Waals surface area (Å²) in [5, 5.41) is 2.95. The summed E-state index contributed by atoms with van der Waals surface area (Å²) < 4.78 is 27.3. The lowest BCUT2D eigenvalue weighted by molar-refractivity contribution is 0.0950. The number of sulfonamides is 1. The van der Waals surface area contributed by atoms with E-state index in [1.807, 2.05) is 18.2 Å². The van der Waals surface area contributed by atoms with Crippen molar-refractivity contribution in [2.75, 3.05) is 20.1 Å². The molecule has 1 N–H and O–H groups in total. The van der Waals surface area contributed by atoms with Crippen LogP contribution < -0.4 is 5.32 Å². The van der Waals surface area contributed by atoms with Gasteiger partial charge >= 0.3 is 0 Å². The minimum Gasteiger partial charge on any atom is -0.348 e. The van der Waals surface area contributed by atoms with Gasteiger partial charge in [-0.2, -0.15) is 4.31 Å². The highest BCUT2D eigenvalue weighted by Crippen LogP contribution is 2.21. The van der Waals surface area contributed by atoms with Crippen LogP contribution in [0.25, 0.3) is 0 Å². The molecule has 0 bridgehead atoms. The Morgan fingerprint density at radius 2 is 1.65 bits per heavy atom. The van der Waals surface area contributed by atoms with E-state index in [0.29, 0.717) is 36.8 Å². The van der Waals surface area contributed by atoms with Gasteiger partial charge in [-0.15, -0.1) is 0 Å². The van der Waals surface area contributed by atoms with Crippen molar-refractivity contribution in [1.29, 1.82) is 0 Å². The number of nitrogens with zero attached hydrogens (tertiary/aromatic N) is 2. The molecule has 170 valence electrons. The Kier molecular flexibility index (Phi) is 8.79. The van der Waals surface area contributed by atoms with Crippen molar-refractivity contribution in [2.24, 2.45) is 0 Å². The molecule has 0 aromatic heterocycles. The highest BCUT2D eigenvalue weighted by atomic mass is 32.2. The van der Waals surface area contributed by atoms with Crippen LogP contribution in [-0.2, 0) is 23.1 Å². The molecule has 0 fully saturated rings. The Hall–Kier alpha value is -2.22. The van der Waals surface area contributed by atoms with E-state index in [2.05, 4.69) is 37.2 Å². The zero-order valence-corrected chi connectivity index (χ0v) is 20.3. The summed E-state index contributed by atoms with van der Waals surface area (Å²) in [6, 6.07) is 13.3. The summed E-state index contributed by atoms with van der Waals surface area (Å²) in [6.45, 7) is 11.6. The third kappa shape index (κ3) is 6.15. The highest BCUT2D eigenvalue weighted by Gasteiger charge is 2.24. The highest BCUT2D eigenvalue weighted by molar-refractivity contribution is 7.89. The van der Waals surface area contributed by atoms with Crippen LogP contribution in [-0.4, -0.2) is 49.7 Å². The third-order valence-electron chi connectivity index (χ3n) is 5.63. The normalized spacial score (nSPS) is 12.0. The van der Waals surface area contributed by atoms with Gasteiger partial charge in [0.1, 0.15) is 0 Å². The van der Waals surface area contributed by atoms with Crippen molar-refractivity contribution in [2.45, 2.75) is 58.6 Å². The fourth-order valence-electron chi connectivity index (χ4n) is 3.33. The molecule has 0 saturated heterocycles. The van der Waals surface area contributed by atoms with E-state index < -0.39 is 10.0 Å². The second-order valence-electron chi connectivity index (χ2n) is 8.03. The molecule has 0 spiro atoms. The van der Waals surface area contributed by atoms with E-state index >= 15 is 0 Å². The molecular weight excluding hydrogens is 410 g/mol. The first kappa shape index (κ1) is 25.0. The zero-order valence-electron chi connectivity index (χ0n) is 19.5. The Morgan fingerprint density at radius 3 is 2.23 bits per heavy atom. The largest absolute Gasteiger partial charge is 0.348 e. The van der Waals surface area contributed by atoms with Crippen molar-refractivity contribution < 1.29 is 13.2 Å². The summed E-state index contributed by atoms with van der Waals surface area (Å²) in [5.74, 6) is -0.289. The number of hydrogen-bond acceptors (Lipinski definition) is 4. The molecule has 31 heavy (non-hydrogen) atoms. The third-order valence-corrected chi connectivity index (χ3v) is 7.82. The summed E-state index contributed by atoms with van der Waals surface area (Å²) >= 11 is 0. The van der Waals surface area contributed by atoms with Crippen molar-refractivity contribution in [3.63, 3.8) is 0 Å². The van der Waals surface area contributed by atoms with Crippen LogP contribution in [0.15, 0.2) is 47.4 Å². The van der Waals surface area contributed by atoms with Crippen molar-refractivity contribution in [3.8, 4) is 0 Å². The molecule has 2 rings (SSSR count). The molecule has 7 heteroatoms. The van der Waals surface area contributed by atoms with Gasteiger partial charge in [-0.3, -0.25) is 9.69 Å². The number of amides is 1. The molecule has 1 amide bonds. The van der Waals surface area contributed by atoms with Crippen LogP contribution in [0.3, 0.4) is 0 Å². The maximum atomic E-state index is 13.0. The minimum atomic E-state index is -3.64. The average molecular weight is 446 g/mol. The molecule has 0 aliphatic carbocycles. The van der Waals surface area contributed by atoms with Crippen LogP contribution in [0.4, 0.5) is 0 Å². The monoisotopic (exact) mass is 445 g/mol. The van der Waals surface area contributed by atoms with E-state index in [0.717, 1.165) is 17.7 Å². The molecule has 0 saturated carbocycles. The SMILES string of the molecule is CCN(CC)S(=O)(=O)c1cc(C(=O)NCc2ccccc2CN(C)C(C)C)ccc1C. The molecule has 0 radical (unpaired) electrons. The van der Waals surface area contributed by atoms with Crippen molar-refractivity contribution >= 4 is 15.9 Å². The number of nitrogens with one attached hydrogen (secondary N) is 1. The predicted molar refractivity (Wildman–Crippen MR) is 126 cm³/mol. The minimum absolute atomic E-state index is 0.183. The second-order valence-corrected chi connectivity index (χ2v) is 9.94. The first-order valence-corrected chi connectivity index (χ1v) is 12.2. The topological polar surface area (TPSA) is 69.7 Å². The van der Waals surface area contributed by atoms with Crippen LogP contribution in [0, 0.1) is 6.92 Å². The summed E-state index contributed by atoms with van der Waals surface area (Å²) in [6.07, 6.45) is 0. The first-order valence-electron chi connectivity index (χ1n) is 10.8. The van der Waals surface area contributed by atoms with E-state index in [4.69, 9.17) is 0 Å². The number of aryl methyl sites for hydroxylation is 1. The number of rotatable bonds is 10. The lowest BCUT2D eigenvalue weighted by Gasteiger charge is -2.22. The average Bonchev–Trinajstić information content (AvgIpc) is 2.73. The van der Waals surface area contributed by atoms with Gasteiger partial charge in [0, 0.05) is 37.8 Å². The predicted octanol–water partition coefficient (Wildman–Crippen LogP) is 3.80. The Balaban J connectivity index is 2.21. The van der Waals surface area contributed by atoms with Gasteiger partial charge in [-0.1, -0.05) is 44.2 Å². The van der Waals surface area contributed by atoms with E-state index in [1.54, 1.807) is 32.9 Å². The molecule has 0 aliphatic rings.